The quantitative estimate of drug-likeness (QED) is 0.887. The Morgan fingerprint density at radius 2 is 1.96 bits per heavy atom. The van der Waals surface area contributed by atoms with Crippen LogP contribution >= 0.6 is 0 Å². The number of hydrogen-bond acceptors (Lipinski definition) is 3. The van der Waals surface area contributed by atoms with Gasteiger partial charge >= 0.3 is 0 Å². The van der Waals surface area contributed by atoms with Crippen molar-refractivity contribution in [3.8, 4) is 0 Å². The van der Waals surface area contributed by atoms with Gasteiger partial charge in [-0.1, -0.05) is 31.0 Å². The van der Waals surface area contributed by atoms with Crippen molar-refractivity contribution in [3.05, 3.63) is 36.0 Å². The van der Waals surface area contributed by atoms with Crippen LogP contribution < -0.4 is 0 Å². The number of aliphatic hydroxyl groups is 1. The maximum absolute atomic E-state index is 9.50. The number of H-pyrrole nitrogens is 1. The fourth-order valence-corrected chi connectivity index (χ4v) is 4.66. The summed E-state index contributed by atoms with van der Waals surface area (Å²) in [6, 6.07) is 12.0. The van der Waals surface area contributed by atoms with Crippen LogP contribution in [0, 0.1) is 0 Å². The van der Waals surface area contributed by atoms with E-state index >= 15 is 0 Å². The van der Waals surface area contributed by atoms with Crippen molar-refractivity contribution in [1.82, 2.24) is 14.8 Å². The highest BCUT2D eigenvalue weighted by molar-refractivity contribution is 5.80. The van der Waals surface area contributed by atoms with Crippen LogP contribution in [0.2, 0.25) is 0 Å². The molecule has 0 unspecified atom stereocenters. The molecular weight excluding hydrogens is 298 g/mol. The molecular formula is C20H29N3O. The van der Waals surface area contributed by atoms with Gasteiger partial charge in [0.05, 0.1) is 0 Å². The van der Waals surface area contributed by atoms with Crippen LogP contribution in [-0.2, 0) is 6.54 Å². The van der Waals surface area contributed by atoms with Crippen LogP contribution in [0.4, 0.5) is 0 Å². The van der Waals surface area contributed by atoms with Crippen molar-refractivity contribution in [2.45, 2.75) is 50.7 Å². The molecule has 0 bridgehead atoms. The standard InChI is InChI=1S/C20H29N3O/c24-12-9-19-15-22(10-11-23(19)18-6-2-3-7-18)14-17-13-16-5-1-4-8-20(16)21-17/h1,4-5,8,13,18-19,21,24H,2-3,6-7,9-12,14-15H2/t19-/m1/s1. The lowest BCUT2D eigenvalue weighted by molar-refractivity contribution is 0.0263. The van der Waals surface area contributed by atoms with Crippen LogP contribution in [0.5, 0.6) is 0 Å². The first-order valence-electron chi connectivity index (χ1n) is 9.49. The van der Waals surface area contributed by atoms with E-state index in [9.17, 15) is 5.11 Å². The van der Waals surface area contributed by atoms with Gasteiger partial charge in [-0.25, -0.2) is 0 Å². The molecule has 24 heavy (non-hydrogen) atoms. The first-order chi connectivity index (χ1) is 11.8. The molecule has 1 aliphatic carbocycles. The second-order valence-electron chi connectivity index (χ2n) is 7.46. The SMILES string of the molecule is OCC[C@@H]1CN(Cc2cc3ccccc3[nH]2)CCN1C1CCCC1. The number of nitrogens with zero attached hydrogens (tertiary/aromatic N) is 2. The summed E-state index contributed by atoms with van der Waals surface area (Å²) < 4.78 is 0. The molecule has 1 aromatic carbocycles. The van der Waals surface area contributed by atoms with Gasteiger partial charge in [0, 0.05) is 56.1 Å². The molecule has 2 aliphatic rings. The summed E-state index contributed by atoms with van der Waals surface area (Å²) in [5, 5.41) is 10.8. The normalized spacial score (nSPS) is 24.1. The van der Waals surface area contributed by atoms with Crippen molar-refractivity contribution in [1.29, 1.82) is 0 Å². The zero-order valence-corrected chi connectivity index (χ0v) is 14.5. The largest absolute Gasteiger partial charge is 0.396 e. The van der Waals surface area contributed by atoms with E-state index in [4.69, 9.17) is 0 Å². The first-order valence-corrected chi connectivity index (χ1v) is 9.49. The zero-order chi connectivity index (χ0) is 16.4. The van der Waals surface area contributed by atoms with Crippen molar-refractivity contribution in [3.63, 3.8) is 0 Å². The number of nitrogens with one attached hydrogen (secondary N) is 1. The number of fused-ring (bicyclic) bond motifs is 1. The minimum absolute atomic E-state index is 0.300. The minimum Gasteiger partial charge on any atom is -0.396 e. The van der Waals surface area contributed by atoms with Gasteiger partial charge < -0.3 is 10.1 Å². The molecule has 4 heteroatoms. The monoisotopic (exact) mass is 327 g/mol. The van der Waals surface area contributed by atoms with E-state index in [0.29, 0.717) is 12.6 Å². The molecule has 130 valence electrons. The number of benzene rings is 1. The Morgan fingerprint density at radius 1 is 1.12 bits per heavy atom. The van der Waals surface area contributed by atoms with Crippen LogP contribution in [0.15, 0.2) is 30.3 Å². The van der Waals surface area contributed by atoms with Gasteiger partial charge in [-0.05, 0) is 36.8 Å². The molecule has 2 aromatic rings. The maximum atomic E-state index is 9.50. The third-order valence-corrected chi connectivity index (χ3v) is 5.85. The van der Waals surface area contributed by atoms with E-state index in [-0.39, 0.29) is 0 Å². The van der Waals surface area contributed by atoms with E-state index in [0.717, 1.165) is 38.6 Å². The minimum atomic E-state index is 0.300. The smallest absolute Gasteiger partial charge is 0.0456 e. The van der Waals surface area contributed by atoms with Gasteiger partial charge in [-0.15, -0.1) is 0 Å². The highest BCUT2D eigenvalue weighted by atomic mass is 16.3. The predicted molar refractivity (Wildman–Crippen MR) is 98.0 cm³/mol. The summed E-state index contributed by atoms with van der Waals surface area (Å²) in [6.45, 7) is 4.64. The second kappa shape index (κ2) is 7.26. The van der Waals surface area contributed by atoms with Crippen LogP contribution in [0.3, 0.4) is 0 Å². The topological polar surface area (TPSA) is 42.5 Å². The Hall–Kier alpha value is -1.36. The van der Waals surface area contributed by atoms with E-state index in [2.05, 4.69) is 45.1 Å². The molecule has 2 heterocycles. The number of aliphatic hydroxyl groups excluding tert-OH is 1. The summed E-state index contributed by atoms with van der Waals surface area (Å²) in [7, 11) is 0. The third kappa shape index (κ3) is 3.37. The number of hydrogen-bond donors (Lipinski definition) is 2. The number of piperazine rings is 1. The maximum Gasteiger partial charge on any atom is 0.0456 e. The Balaban J connectivity index is 1.43. The van der Waals surface area contributed by atoms with Gasteiger partial charge in [0.15, 0.2) is 0 Å². The average Bonchev–Trinajstić information content (AvgIpc) is 3.24. The zero-order valence-electron chi connectivity index (χ0n) is 14.5. The summed E-state index contributed by atoms with van der Waals surface area (Å²) >= 11 is 0. The van der Waals surface area contributed by atoms with Crippen LogP contribution in [-0.4, -0.2) is 58.2 Å². The fourth-order valence-electron chi connectivity index (χ4n) is 4.66. The number of para-hydroxylation sites is 1. The molecule has 2 fully saturated rings. The average molecular weight is 327 g/mol. The molecule has 4 rings (SSSR count). The molecule has 1 aliphatic heterocycles. The Bertz CT molecular complexity index is 629. The number of rotatable bonds is 5. The van der Waals surface area contributed by atoms with E-state index in [1.54, 1.807) is 0 Å². The Morgan fingerprint density at radius 3 is 2.75 bits per heavy atom. The lowest BCUT2D eigenvalue weighted by Gasteiger charge is -2.44. The molecule has 1 saturated heterocycles. The molecule has 1 saturated carbocycles. The third-order valence-electron chi connectivity index (χ3n) is 5.85. The molecule has 1 atom stereocenters. The lowest BCUT2D eigenvalue weighted by atomic mass is 10.0. The molecule has 2 N–H and O–H groups in total. The van der Waals surface area contributed by atoms with E-state index < -0.39 is 0 Å². The number of aromatic amines is 1. The lowest BCUT2D eigenvalue weighted by Crippen LogP contribution is -2.56. The van der Waals surface area contributed by atoms with Crippen molar-refractivity contribution in [2.75, 3.05) is 26.2 Å². The summed E-state index contributed by atoms with van der Waals surface area (Å²) in [5.41, 5.74) is 2.53. The number of aromatic nitrogens is 1. The van der Waals surface area contributed by atoms with Crippen molar-refractivity contribution in [2.24, 2.45) is 0 Å². The molecule has 0 radical (unpaired) electrons. The van der Waals surface area contributed by atoms with Crippen molar-refractivity contribution >= 4 is 10.9 Å². The molecule has 0 spiro atoms. The van der Waals surface area contributed by atoms with Gasteiger partial charge in [0.25, 0.3) is 0 Å². The second-order valence-corrected chi connectivity index (χ2v) is 7.46. The predicted octanol–water partition coefficient (Wildman–Crippen LogP) is 2.98. The highest BCUT2D eigenvalue weighted by Gasteiger charge is 2.32. The van der Waals surface area contributed by atoms with Gasteiger partial charge in [0.1, 0.15) is 0 Å². The Labute approximate surface area is 144 Å². The summed E-state index contributed by atoms with van der Waals surface area (Å²) in [5.74, 6) is 0. The Kier molecular flexibility index (Phi) is 4.88. The van der Waals surface area contributed by atoms with Gasteiger partial charge in [-0.3, -0.25) is 9.80 Å². The molecule has 4 nitrogen and oxygen atoms in total. The molecule has 0 amide bonds. The highest BCUT2D eigenvalue weighted by Crippen LogP contribution is 2.28. The van der Waals surface area contributed by atoms with Crippen molar-refractivity contribution < 1.29 is 5.11 Å². The summed E-state index contributed by atoms with van der Waals surface area (Å²) in [6.07, 6.45) is 6.37. The van der Waals surface area contributed by atoms with Gasteiger partial charge in [0.2, 0.25) is 0 Å². The van der Waals surface area contributed by atoms with Gasteiger partial charge in [-0.2, -0.15) is 0 Å². The summed E-state index contributed by atoms with van der Waals surface area (Å²) in [4.78, 5) is 8.80. The molecule has 1 aromatic heterocycles. The van der Waals surface area contributed by atoms with Crippen LogP contribution in [0.25, 0.3) is 10.9 Å². The fraction of sp³-hybridized carbons (Fsp3) is 0.600. The first kappa shape index (κ1) is 16.1. The van der Waals surface area contributed by atoms with E-state index in [1.807, 2.05) is 0 Å². The van der Waals surface area contributed by atoms with Crippen LogP contribution in [0.1, 0.15) is 37.8 Å². The van der Waals surface area contributed by atoms with E-state index in [1.165, 1.54) is 42.3 Å².